The van der Waals surface area contributed by atoms with Crippen LogP contribution < -0.4 is 0 Å². The molecule has 0 radical (unpaired) electrons. The van der Waals surface area contributed by atoms with Crippen molar-refractivity contribution in [3.63, 3.8) is 0 Å². The van der Waals surface area contributed by atoms with E-state index in [-0.39, 0.29) is 6.10 Å². The van der Waals surface area contributed by atoms with Crippen molar-refractivity contribution in [2.24, 2.45) is 5.92 Å². The third kappa shape index (κ3) is 3.15. The summed E-state index contributed by atoms with van der Waals surface area (Å²) in [6.45, 7) is 4.28. The second kappa shape index (κ2) is 5.82. The Labute approximate surface area is 86.8 Å². The molecule has 1 heteroatoms. The fourth-order valence-electron chi connectivity index (χ4n) is 1.86. The van der Waals surface area contributed by atoms with Crippen LogP contribution in [-0.4, -0.2) is 11.2 Å². The van der Waals surface area contributed by atoms with Crippen LogP contribution in [0.4, 0.5) is 0 Å². The highest BCUT2D eigenvalue weighted by Gasteiger charge is 2.15. The van der Waals surface area contributed by atoms with Gasteiger partial charge >= 0.3 is 0 Å². The second-order valence-corrected chi connectivity index (χ2v) is 3.83. The van der Waals surface area contributed by atoms with E-state index in [0.717, 1.165) is 19.3 Å². The number of rotatable bonds is 5. The van der Waals surface area contributed by atoms with E-state index in [9.17, 15) is 5.11 Å². The summed E-state index contributed by atoms with van der Waals surface area (Å²) < 4.78 is 0. The molecule has 0 aliphatic carbocycles. The molecule has 0 saturated carbocycles. The van der Waals surface area contributed by atoms with Crippen LogP contribution in [0.1, 0.15) is 32.3 Å². The molecule has 0 amide bonds. The maximum absolute atomic E-state index is 9.96. The van der Waals surface area contributed by atoms with Crippen LogP contribution in [-0.2, 0) is 6.42 Å². The first-order chi connectivity index (χ1) is 6.77. The number of benzene rings is 1. The minimum Gasteiger partial charge on any atom is -0.392 e. The zero-order valence-electron chi connectivity index (χ0n) is 9.11. The number of hydrogen-bond acceptors (Lipinski definition) is 1. The normalized spacial score (nSPS) is 13.1. The van der Waals surface area contributed by atoms with E-state index in [4.69, 9.17) is 0 Å². The van der Waals surface area contributed by atoms with E-state index in [0.29, 0.717) is 5.92 Å². The zero-order valence-corrected chi connectivity index (χ0v) is 9.11. The molecule has 78 valence electrons. The van der Waals surface area contributed by atoms with Crippen molar-refractivity contribution in [1.29, 1.82) is 0 Å². The third-order valence-electron chi connectivity index (χ3n) is 2.88. The van der Waals surface area contributed by atoms with Gasteiger partial charge in [0.2, 0.25) is 0 Å². The van der Waals surface area contributed by atoms with Crippen LogP contribution in [0.15, 0.2) is 30.3 Å². The van der Waals surface area contributed by atoms with Crippen LogP contribution >= 0.6 is 0 Å². The quantitative estimate of drug-likeness (QED) is 0.760. The molecule has 0 bridgehead atoms. The molecule has 0 aliphatic heterocycles. The van der Waals surface area contributed by atoms with Crippen molar-refractivity contribution >= 4 is 0 Å². The van der Waals surface area contributed by atoms with Crippen LogP contribution in [0.2, 0.25) is 0 Å². The Morgan fingerprint density at radius 1 is 1.07 bits per heavy atom. The smallest absolute Gasteiger partial charge is 0.0608 e. The Kier molecular flexibility index (Phi) is 4.68. The summed E-state index contributed by atoms with van der Waals surface area (Å²) in [6, 6.07) is 10.2. The Morgan fingerprint density at radius 2 is 1.64 bits per heavy atom. The van der Waals surface area contributed by atoms with E-state index < -0.39 is 0 Å². The molecule has 1 N–H and O–H groups in total. The van der Waals surface area contributed by atoms with Crippen LogP contribution in [0.3, 0.4) is 0 Å². The lowest BCUT2D eigenvalue weighted by atomic mass is 9.92. The van der Waals surface area contributed by atoms with Gasteiger partial charge in [0.05, 0.1) is 6.10 Å². The van der Waals surface area contributed by atoms with Crippen molar-refractivity contribution in [3.8, 4) is 0 Å². The molecule has 1 rings (SSSR count). The Morgan fingerprint density at radius 3 is 2.14 bits per heavy atom. The van der Waals surface area contributed by atoms with Crippen molar-refractivity contribution < 1.29 is 5.11 Å². The summed E-state index contributed by atoms with van der Waals surface area (Å²) in [5, 5.41) is 9.96. The summed E-state index contributed by atoms with van der Waals surface area (Å²) in [7, 11) is 0. The summed E-state index contributed by atoms with van der Waals surface area (Å²) in [5.74, 6) is 0.440. The lowest BCUT2D eigenvalue weighted by Crippen LogP contribution is -2.21. The molecule has 1 nitrogen and oxygen atoms in total. The molecule has 0 unspecified atom stereocenters. The van der Waals surface area contributed by atoms with E-state index in [1.54, 1.807) is 0 Å². The van der Waals surface area contributed by atoms with Crippen LogP contribution in [0.5, 0.6) is 0 Å². The maximum Gasteiger partial charge on any atom is 0.0608 e. The van der Waals surface area contributed by atoms with Gasteiger partial charge in [0, 0.05) is 0 Å². The van der Waals surface area contributed by atoms with E-state index in [1.165, 1.54) is 5.56 Å². The lowest BCUT2D eigenvalue weighted by Gasteiger charge is -2.19. The Balaban J connectivity index is 2.52. The van der Waals surface area contributed by atoms with Crippen molar-refractivity contribution in [3.05, 3.63) is 35.9 Å². The molecular formula is C13H20O. The molecule has 1 atom stereocenters. The van der Waals surface area contributed by atoms with E-state index >= 15 is 0 Å². The van der Waals surface area contributed by atoms with Gasteiger partial charge in [0.25, 0.3) is 0 Å². The van der Waals surface area contributed by atoms with Gasteiger partial charge in [-0.25, -0.2) is 0 Å². The van der Waals surface area contributed by atoms with Gasteiger partial charge in [-0.1, -0.05) is 57.0 Å². The van der Waals surface area contributed by atoms with Crippen molar-refractivity contribution in [2.75, 3.05) is 0 Å². The standard InChI is InChI=1S/C13H20O/c1-3-12(4-2)13(14)10-11-8-6-5-7-9-11/h5-9,12-14H,3-4,10H2,1-2H3/t13-/m1/s1. The largest absolute Gasteiger partial charge is 0.392 e. The Bertz CT molecular complexity index is 239. The van der Waals surface area contributed by atoms with E-state index in [2.05, 4.69) is 26.0 Å². The molecule has 0 fully saturated rings. The molecule has 0 aromatic heterocycles. The minimum atomic E-state index is -0.188. The predicted molar refractivity (Wildman–Crippen MR) is 60.2 cm³/mol. The molecule has 0 spiro atoms. The first kappa shape index (κ1) is 11.3. The van der Waals surface area contributed by atoms with Crippen LogP contribution in [0.25, 0.3) is 0 Å². The minimum absolute atomic E-state index is 0.188. The summed E-state index contributed by atoms with van der Waals surface area (Å²) in [4.78, 5) is 0. The van der Waals surface area contributed by atoms with Gasteiger partial charge in [-0.15, -0.1) is 0 Å². The fourth-order valence-corrected chi connectivity index (χ4v) is 1.86. The third-order valence-corrected chi connectivity index (χ3v) is 2.88. The summed E-state index contributed by atoms with van der Waals surface area (Å²) >= 11 is 0. The molecule has 1 aromatic carbocycles. The fraction of sp³-hybridized carbons (Fsp3) is 0.538. The summed E-state index contributed by atoms with van der Waals surface area (Å²) in [6.07, 6.45) is 2.72. The Hall–Kier alpha value is -0.820. The zero-order chi connectivity index (χ0) is 10.4. The molecule has 0 aliphatic rings. The van der Waals surface area contributed by atoms with Gasteiger partial charge in [0.15, 0.2) is 0 Å². The number of aliphatic hydroxyl groups is 1. The molecule has 0 heterocycles. The van der Waals surface area contributed by atoms with E-state index in [1.807, 2.05) is 18.2 Å². The first-order valence-corrected chi connectivity index (χ1v) is 5.49. The molecule has 1 aromatic rings. The van der Waals surface area contributed by atoms with Crippen LogP contribution in [0, 0.1) is 5.92 Å². The molecule has 14 heavy (non-hydrogen) atoms. The average molecular weight is 192 g/mol. The van der Waals surface area contributed by atoms with Gasteiger partial charge < -0.3 is 5.11 Å². The lowest BCUT2D eigenvalue weighted by molar-refractivity contribution is 0.103. The highest BCUT2D eigenvalue weighted by Crippen LogP contribution is 2.16. The highest BCUT2D eigenvalue weighted by atomic mass is 16.3. The molecular weight excluding hydrogens is 172 g/mol. The van der Waals surface area contributed by atoms with Gasteiger partial charge in [-0.3, -0.25) is 0 Å². The maximum atomic E-state index is 9.96. The first-order valence-electron chi connectivity index (χ1n) is 5.49. The summed E-state index contributed by atoms with van der Waals surface area (Å²) in [5.41, 5.74) is 1.23. The highest BCUT2D eigenvalue weighted by molar-refractivity contribution is 5.15. The van der Waals surface area contributed by atoms with Gasteiger partial charge in [0.1, 0.15) is 0 Å². The van der Waals surface area contributed by atoms with Crippen molar-refractivity contribution in [1.82, 2.24) is 0 Å². The predicted octanol–water partition coefficient (Wildman–Crippen LogP) is 3.03. The number of aliphatic hydroxyl groups excluding tert-OH is 1. The van der Waals surface area contributed by atoms with Gasteiger partial charge in [-0.05, 0) is 17.9 Å². The number of hydrogen-bond donors (Lipinski definition) is 1. The van der Waals surface area contributed by atoms with Gasteiger partial charge in [-0.2, -0.15) is 0 Å². The SMILES string of the molecule is CCC(CC)[C@H](O)Cc1ccccc1. The topological polar surface area (TPSA) is 20.2 Å². The monoisotopic (exact) mass is 192 g/mol. The molecule has 0 saturated heterocycles. The average Bonchev–Trinajstić information content (AvgIpc) is 2.21. The van der Waals surface area contributed by atoms with Crippen molar-refractivity contribution in [2.45, 2.75) is 39.2 Å². The second-order valence-electron chi connectivity index (χ2n) is 3.83.